The molecule has 182 valence electrons. The zero-order valence-corrected chi connectivity index (χ0v) is 13.8. The monoisotopic (exact) mass is 514 g/mol. The lowest BCUT2D eigenvalue weighted by Gasteiger charge is -2.42. The Labute approximate surface area is 152 Å². The number of halogens is 17. The van der Waals surface area contributed by atoms with Gasteiger partial charge in [-0.1, -0.05) is 0 Å². The number of hydrogen-bond acceptors (Lipinski definition) is 1. The van der Waals surface area contributed by atoms with Crippen LogP contribution in [0.15, 0.2) is 0 Å². The summed E-state index contributed by atoms with van der Waals surface area (Å²) < 4.78 is 228. The van der Waals surface area contributed by atoms with Gasteiger partial charge in [-0.15, -0.1) is 0 Å². The molecule has 0 saturated carbocycles. The quantitative estimate of drug-likeness (QED) is 0.347. The Morgan fingerprint density at radius 1 is 0.467 bits per heavy atom. The van der Waals surface area contributed by atoms with E-state index in [0.717, 1.165) is 0 Å². The molecule has 0 radical (unpaired) electrons. The highest BCUT2D eigenvalue weighted by Crippen LogP contribution is 2.64. The minimum Gasteiger partial charge on any atom is -0.324 e. The number of rotatable bonds is 8. The van der Waals surface area contributed by atoms with Crippen molar-refractivity contribution in [3.8, 4) is 0 Å². The molecule has 0 aromatic rings. The van der Waals surface area contributed by atoms with Crippen molar-refractivity contribution in [3.05, 3.63) is 0 Å². The second kappa shape index (κ2) is 6.98. The van der Waals surface area contributed by atoms with Crippen molar-refractivity contribution in [2.24, 2.45) is 0 Å². The second-order valence-electron chi connectivity index (χ2n) is 5.47. The van der Waals surface area contributed by atoms with Gasteiger partial charge >= 0.3 is 55.2 Å². The SMILES string of the molecule is O=P(O)(O)CC(F)(F)C(F)(F)C(F)(F)C(F)(F)C(F)(F)C(F)(F)C(F)(F)C(F)(F)F. The van der Waals surface area contributed by atoms with E-state index in [4.69, 9.17) is 9.79 Å². The molecule has 0 heterocycles. The Morgan fingerprint density at radius 3 is 0.933 bits per heavy atom. The van der Waals surface area contributed by atoms with Gasteiger partial charge in [-0.05, 0) is 0 Å². The smallest absolute Gasteiger partial charge is 0.324 e. The van der Waals surface area contributed by atoms with Crippen molar-refractivity contribution in [1.82, 2.24) is 0 Å². The van der Waals surface area contributed by atoms with E-state index >= 15 is 0 Å². The Hall–Kier alpha value is -1.04. The Kier molecular flexibility index (Phi) is 6.74. The molecular weight excluding hydrogens is 510 g/mol. The predicted octanol–water partition coefficient (Wildman–Crippen LogP) is 5.17. The van der Waals surface area contributed by atoms with Crippen LogP contribution >= 0.6 is 7.60 Å². The minimum absolute atomic E-state index is 3.76. The van der Waals surface area contributed by atoms with E-state index in [-0.39, 0.29) is 0 Å². The summed E-state index contributed by atoms with van der Waals surface area (Å²) in [6, 6.07) is 0. The van der Waals surface area contributed by atoms with Gasteiger partial charge in [-0.2, -0.15) is 74.6 Å². The lowest BCUT2D eigenvalue weighted by Crippen LogP contribution is -2.74. The van der Waals surface area contributed by atoms with Crippen LogP contribution in [0.4, 0.5) is 74.6 Å². The Balaban J connectivity index is 6.73. The first-order valence-electron chi connectivity index (χ1n) is 6.22. The molecule has 3 nitrogen and oxygen atoms in total. The van der Waals surface area contributed by atoms with Gasteiger partial charge in [-0.25, -0.2) is 0 Å². The third-order valence-corrected chi connectivity index (χ3v) is 4.00. The van der Waals surface area contributed by atoms with Crippen LogP contribution in [-0.2, 0) is 4.57 Å². The van der Waals surface area contributed by atoms with E-state index in [0.29, 0.717) is 0 Å². The normalized spacial score (nSPS) is 16.8. The van der Waals surface area contributed by atoms with Crippen LogP contribution in [-0.4, -0.2) is 63.6 Å². The van der Waals surface area contributed by atoms with E-state index in [1.807, 2.05) is 0 Å². The molecule has 0 amide bonds. The molecule has 0 bridgehead atoms. The maximum absolute atomic E-state index is 13.2. The van der Waals surface area contributed by atoms with E-state index in [1.165, 1.54) is 0 Å². The third-order valence-electron chi connectivity index (χ3n) is 3.19. The molecule has 21 heteroatoms. The summed E-state index contributed by atoms with van der Waals surface area (Å²) in [5, 5.41) is 0. The minimum atomic E-state index is -8.77. The Bertz CT molecular complexity index is 689. The second-order valence-corrected chi connectivity index (χ2v) is 7.12. The average Bonchev–Trinajstić information content (AvgIpc) is 2.41. The fraction of sp³-hybridized carbons (Fsp3) is 1.00. The largest absolute Gasteiger partial charge is 0.460 e. The van der Waals surface area contributed by atoms with Gasteiger partial charge in [0.05, 0.1) is 0 Å². The van der Waals surface area contributed by atoms with Gasteiger partial charge < -0.3 is 9.79 Å². The van der Waals surface area contributed by atoms with Crippen LogP contribution < -0.4 is 0 Å². The average molecular weight is 514 g/mol. The summed E-state index contributed by atoms with van der Waals surface area (Å²) in [6.45, 7) is 0. The standard InChI is InChI=1S/C9H4F17O3P/c10-2(11,1-30(27,28)29)3(12,13)4(14,15)5(16,17)6(18,19)7(20,21)8(22,23)9(24,25)26/h1H2,(H2,27,28,29). The molecule has 2 N–H and O–H groups in total. The first-order valence-corrected chi connectivity index (χ1v) is 8.01. The fourth-order valence-electron chi connectivity index (χ4n) is 1.55. The molecule has 0 unspecified atom stereocenters. The summed E-state index contributed by atoms with van der Waals surface area (Å²) in [4.78, 5) is 16.1. The molecule has 0 atom stereocenters. The van der Waals surface area contributed by atoms with Gasteiger partial charge in [0, 0.05) is 0 Å². The van der Waals surface area contributed by atoms with Crippen LogP contribution in [0.3, 0.4) is 0 Å². The van der Waals surface area contributed by atoms with E-state index in [9.17, 15) is 79.2 Å². The van der Waals surface area contributed by atoms with Gasteiger partial charge in [0.15, 0.2) is 0 Å². The fourth-order valence-corrected chi connectivity index (χ4v) is 2.27. The lowest BCUT2D eigenvalue weighted by atomic mass is 9.89. The zero-order chi connectivity index (χ0) is 25.2. The van der Waals surface area contributed by atoms with Crippen molar-refractivity contribution >= 4 is 7.60 Å². The maximum atomic E-state index is 13.2. The molecule has 0 aromatic heterocycles. The van der Waals surface area contributed by atoms with Crippen molar-refractivity contribution in [2.45, 2.75) is 47.6 Å². The molecule has 0 aliphatic heterocycles. The summed E-state index contributed by atoms with van der Waals surface area (Å²) in [7, 11) is -6.54. The Morgan fingerprint density at radius 2 is 0.700 bits per heavy atom. The predicted molar refractivity (Wildman–Crippen MR) is 57.6 cm³/mol. The first-order chi connectivity index (χ1) is 12.5. The van der Waals surface area contributed by atoms with E-state index in [1.54, 1.807) is 0 Å². The number of hydrogen-bond donors (Lipinski definition) is 2. The summed E-state index contributed by atoms with van der Waals surface area (Å²) >= 11 is 0. The highest BCUT2D eigenvalue weighted by molar-refractivity contribution is 7.51. The van der Waals surface area contributed by atoms with Crippen LogP contribution in [0.1, 0.15) is 0 Å². The van der Waals surface area contributed by atoms with Crippen molar-refractivity contribution in [3.63, 3.8) is 0 Å². The van der Waals surface area contributed by atoms with Gasteiger partial charge in [0.2, 0.25) is 0 Å². The lowest BCUT2D eigenvalue weighted by molar-refractivity contribution is -0.460. The third kappa shape index (κ3) is 3.93. The molecule has 0 saturated heterocycles. The van der Waals surface area contributed by atoms with E-state index in [2.05, 4.69) is 0 Å². The molecular formula is C9H4F17O3P. The topological polar surface area (TPSA) is 57.5 Å². The van der Waals surface area contributed by atoms with E-state index < -0.39 is 61.4 Å². The molecule has 0 fully saturated rings. The molecule has 0 aromatic carbocycles. The molecule has 30 heavy (non-hydrogen) atoms. The highest BCUT2D eigenvalue weighted by atomic mass is 31.2. The van der Waals surface area contributed by atoms with Crippen molar-refractivity contribution in [2.75, 3.05) is 6.16 Å². The summed E-state index contributed by atoms with van der Waals surface area (Å²) in [5.41, 5.74) is 0. The first kappa shape index (κ1) is 29.0. The molecule has 0 spiro atoms. The van der Waals surface area contributed by atoms with Gasteiger partial charge in [0.1, 0.15) is 6.16 Å². The van der Waals surface area contributed by atoms with Crippen molar-refractivity contribution in [1.29, 1.82) is 0 Å². The van der Waals surface area contributed by atoms with Crippen LogP contribution in [0.2, 0.25) is 0 Å². The molecule has 0 aliphatic rings. The van der Waals surface area contributed by atoms with Crippen LogP contribution in [0.25, 0.3) is 0 Å². The molecule has 0 aliphatic carbocycles. The van der Waals surface area contributed by atoms with Crippen molar-refractivity contribution < 1.29 is 89.0 Å². The van der Waals surface area contributed by atoms with Crippen LogP contribution in [0.5, 0.6) is 0 Å². The maximum Gasteiger partial charge on any atom is 0.460 e. The summed E-state index contributed by atoms with van der Waals surface area (Å²) in [5.74, 6) is -58.2. The van der Waals surface area contributed by atoms with Crippen LogP contribution in [0, 0.1) is 0 Å². The number of alkyl halides is 17. The molecule has 0 rings (SSSR count). The summed E-state index contributed by atoms with van der Waals surface area (Å²) in [6.07, 6.45) is -11.6. The highest BCUT2D eigenvalue weighted by Gasteiger charge is 2.95. The zero-order valence-electron chi connectivity index (χ0n) is 12.9. The van der Waals surface area contributed by atoms with Gasteiger partial charge in [0.25, 0.3) is 0 Å². The van der Waals surface area contributed by atoms with Gasteiger partial charge in [-0.3, -0.25) is 4.57 Å².